The van der Waals surface area contributed by atoms with Gasteiger partial charge in [0.25, 0.3) is 0 Å². The summed E-state index contributed by atoms with van der Waals surface area (Å²) < 4.78 is 16.0. The van der Waals surface area contributed by atoms with Crippen LogP contribution >= 0.6 is 0 Å². The molecule has 2 rings (SSSR count). The number of hydrogen-bond donors (Lipinski definition) is 0. The van der Waals surface area contributed by atoms with Gasteiger partial charge >= 0.3 is 17.9 Å². The molecule has 23 heavy (non-hydrogen) atoms. The SMILES string of the molecule is CCC(C)C(=O)OCCC(=O)OC1C(C)CC2CC1(C)OC2=O. The molecule has 6 heteroatoms. The summed E-state index contributed by atoms with van der Waals surface area (Å²) in [6.07, 6.45) is 1.54. The number of carbonyl (C=O) groups is 3. The molecule has 1 aliphatic heterocycles. The minimum Gasteiger partial charge on any atom is -0.465 e. The van der Waals surface area contributed by atoms with E-state index in [-0.39, 0.29) is 42.7 Å². The van der Waals surface area contributed by atoms with Crippen LogP contribution in [0.1, 0.15) is 53.4 Å². The van der Waals surface area contributed by atoms with Gasteiger partial charge in [-0.1, -0.05) is 20.8 Å². The topological polar surface area (TPSA) is 78.9 Å². The monoisotopic (exact) mass is 326 g/mol. The van der Waals surface area contributed by atoms with E-state index in [1.54, 1.807) is 6.92 Å². The molecule has 0 aromatic heterocycles. The van der Waals surface area contributed by atoms with Crippen LogP contribution in [0.3, 0.4) is 0 Å². The summed E-state index contributed by atoms with van der Waals surface area (Å²) in [5.41, 5.74) is -0.734. The van der Waals surface area contributed by atoms with Crippen LogP contribution in [-0.4, -0.2) is 36.2 Å². The van der Waals surface area contributed by atoms with Gasteiger partial charge in [-0.3, -0.25) is 14.4 Å². The van der Waals surface area contributed by atoms with Gasteiger partial charge in [-0.05, 0) is 25.7 Å². The van der Waals surface area contributed by atoms with Gasteiger partial charge < -0.3 is 14.2 Å². The van der Waals surface area contributed by atoms with Crippen molar-refractivity contribution in [2.45, 2.75) is 65.1 Å². The first-order chi connectivity index (χ1) is 10.8. The Morgan fingerprint density at radius 1 is 1.43 bits per heavy atom. The van der Waals surface area contributed by atoms with Crippen molar-refractivity contribution >= 4 is 17.9 Å². The molecule has 0 spiro atoms. The molecule has 1 saturated heterocycles. The first kappa shape index (κ1) is 17.8. The van der Waals surface area contributed by atoms with Crippen LogP contribution in [0.4, 0.5) is 0 Å². The molecule has 0 radical (unpaired) electrons. The first-order valence-electron chi connectivity index (χ1n) is 8.35. The van der Waals surface area contributed by atoms with Crippen LogP contribution in [0.2, 0.25) is 0 Å². The predicted molar refractivity (Wildman–Crippen MR) is 81.3 cm³/mol. The van der Waals surface area contributed by atoms with Crippen molar-refractivity contribution in [2.24, 2.45) is 17.8 Å². The second-order valence-corrected chi connectivity index (χ2v) is 6.99. The standard InChI is InChI=1S/C17H26O6/c1-5-10(2)15(19)21-7-6-13(18)22-14-11(3)8-12-9-17(14,4)23-16(12)20/h10-12,14H,5-9H2,1-4H3. The van der Waals surface area contributed by atoms with Gasteiger partial charge in [0.2, 0.25) is 0 Å². The molecule has 0 amide bonds. The second-order valence-electron chi connectivity index (χ2n) is 6.99. The number of hydrogen-bond acceptors (Lipinski definition) is 6. The zero-order chi connectivity index (χ0) is 17.2. The molecule has 6 nitrogen and oxygen atoms in total. The fourth-order valence-corrected chi connectivity index (χ4v) is 3.44. The van der Waals surface area contributed by atoms with Crippen molar-refractivity contribution in [3.05, 3.63) is 0 Å². The van der Waals surface area contributed by atoms with Crippen LogP contribution in [-0.2, 0) is 28.6 Å². The van der Waals surface area contributed by atoms with Crippen LogP contribution in [0.15, 0.2) is 0 Å². The van der Waals surface area contributed by atoms with Gasteiger partial charge in [0.05, 0.1) is 18.3 Å². The lowest BCUT2D eigenvalue weighted by molar-refractivity contribution is -0.179. The highest BCUT2D eigenvalue weighted by molar-refractivity contribution is 5.76. The minimum absolute atomic E-state index is 0.0127. The third-order valence-electron chi connectivity index (χ3n) is 4.92. The quantitative estimate of drug-likeness (QED) is 0.550. The van der Waals surface area contributed by atoms with E-state index in [1.165, 1.54) is 0 Å². The van der Waals surface area contributed by atoms with Gasteiger partial charge in [0.1, 0.15) is 18.3 Å². The lowest BCUT2D eigenvalue weighted by Crippen LogP contribution is -2.48. The largest absolute Gasteiger partial charge is 0.465 e. The van der Waals surface area contributed by atoms with E-state index in [0.717, 1.165) is 0 Å². The van der Waals surface area contributed by atoms with Crippen LogP contribution in [0.25, 0.3) is 0 Å². The van der Waals surface area contributed by atoms with E-state index in [0.29, 0.717) is 19.3 Å². The van der Waals surface area contributed by atoms with Gasteiger partial charge in [-0.2, -0.15) is 0 Å². The Morgan fingerprint density at radius 2 is 2.13 bits per heavy atom. The molecule has 1 aliphatic carbocycles. The fourth-order valence-electron chi connectivity index (χ4n) is 3.44. The number of carbonyl (C=O) groups excluding carboxylic acids is 3. The van der Waals surface area contributed by atoms with E-state index in [4.69, 9.17) is 14.2 Å². The Morgan fingerprint density at radius 3 is 2.78 bits per heavy atom. The number of fused-ring (bicyclic) bond motifs is 2. The van der Waals surface area contributed by atoms with Crippen LogP contribution < -0.4 is 0 Å². The average molecular weight is 326 g/mol. The average Bonchev–Trinajstić information content (AvgIpc) is 2.74. The molecule has 5 atom stereocenters. The third kappa shape index (κ3) is 3.85. The molecule has 1 heterocycles. The van der Waals surface area contributed by atoms with Gasteiger partial charge in [-0.15, -0.1) is 0 Å². The molecule has 2 aliphatic rings. The van der Waals surface area contributed by atoms with Crippen molar-refractivity contribution in [1.29, 1.82) is 0 Å². The van der Waals surface area contributed by atoms with Crippen molar-refractivity contribution in [2.75, 3.05) is 6.61 Å². The van der Waals surface area contributed by atoms with E-state index < -0.39 is 17.7 Å². The van der Waals surface area contributed by atoms with E-state index in [9.17, 15) is 14.4 Å². The highest BCUT2D eigenvalue weighted by Gasteiger charge is 2.56. The van der Waals surface area contributed by atoms with E-state index >= 15 is 0 Å². The summed E-state index contributed by atoms with van der Waals surface area (Å²) >= 11 is 0. The zero-order valence-electron chi connectivity index (χ0n) is 14.3. The summed E-state index contributed by atoms with van der Waals surface area (Å²) in [5, 5.41) is 0. The summed E-state index contributed by atoms with van der Waals surface area (Å²) in [7, 11) is 0. The molecular weight excluding hydrogens is 300 g/mol. The maximum absolute atomic E-state index is 12.0. The fraction of sp³-hybridized carbons (Fsp3) is 0.824. The lowest BCUT2D eigenvalue weighted by Gasteiger charge is -2.38. The zero-order valence-corrected chi connectivity index (χ0v) is 14.3. The summed E-state index contributed by atoms with van der Waals surface area (Å²) in [6, 6.07) is 0. The Balaban J connectivity index is 1.83. The highest BCUT2D eigenvalue weighted by atomic mass is 16.6. The van der Waals surface area contributed by atoms with Crippen molar-refractivity contribution in [1.82, 2.24) is 0 Å². The highest BCUT2D eigenvalue weighted by Crippen LogP contribution is 2.46. The summed E-state index contributed by atoms with van der Waals surface area (Å²) in [4.78, 5) is 35.3. The smallest absolute Gasteiger partial charge is 0.309 e. The molecule has 1 saturated carbocycles. The molecule has 0 aromatic carbocycles. The van der Waals surface area contributed by atoms with Crippen LogP contribution in [0.5, 0.6) is 0 Å². The predicted octanol–water partition coefficient (Wildman–Crippen LogP) is 2.24. The lowest BCUT2D eigenvalue weighted by atomic mass is 9.74. The van der Waals surface area contributed by atoms with Crippen LogP contribution in [0, 0.1) is 17.8 Å². The normalized spacial score (nSPS) is 33.7. The number of rotatable bonds is 6. The van der Waals surface area contributed by atoms with Gasteiger partial charge in [0.15, 0.2) is 0 Å². The molecule has 2 bridgehead atoms. The van der Waals surface area contributed by atoms with Gasteiger partial charge in [0, 0.05) is 6.42 Å². The Labute approximate surface area is 136 Å². The summed E-state index contributed by atoms with van der Waals surface area (Å²) in [6.45, 7) is 7.49. The van der Waals surface area contributed by atoms with E-state index in [2.05, 4.69) is 0 Å². The Kier molecular flexibility index (Phi) is 5.32. The Hall–Kier alpha value is -1.59. The number of ether oxygens (including phenoxy) is 3. The molecule has 0 N–H and O–H groups in total. The van der Waals surface area contributed by atoms with Crippen molar-refractivity contribution in [3.8, 4) is 0 Å². The minimum atomic E-state index is -0.734. The van der Waals surface area contributed by atoms with Crippen molar-refractivity contribution in [3.63, 3.8) is 0 Å². The number of esters is 3. The first-order valence-corrected chi connectivity index (χ1v) is 8.35. The third-order valence-corrected chi connectivity index (χ3v) is 4.92. The molecule has 2 fully saturated rings. The van der Waals surface area contributed by atoms with Gasteiger partial charge in [-0.25, -0.2) is 0 Å². The van der Waals surface area contributed by atoms with Crippen molar-refractivity contribution < 1.29 is 28.6 Å². The molecule has 0 aromatic rings. The van der Waals surface area contributed by atoms with E-state index in [1.807, 2.05) is 20.8 Å². The molecule has 5 unspecified atom stereocenters. The molecular formula is C17H26O6. The maximum Gasteiger partial charge on any atom is 0.309 e. The summed E-state index contributed by atoms with van der Waals surface area (Å²) in [5.74, 6) is -1.11. The second kappa shape index (κ2) is 6.89. The maximum atomic E-state index is 12.0. The Bertz CT molecular complexity index is 487. The molecule has 130 valence electrons.